The SMILES string of the molecule is COCCCCCCCC(=O)CCCC(=O)NC(CCC(=O)CCCOCCOCCOC1OC(CO)C(O)C(O)C1NC(C)=O)(CCC(=O)CCCOCCOCCOC1OC(CO)C(O)C(O)C1NC(C)=O)CCC(=O)CCCOCCOCCOC1OC(CO)C(O)C(O)C1NC(C)=O. The summed E-state index contributed by atoms with van der Waals surface area (Å²) in [6.45, 7) is 4.23. The van der Waals surface area contributed by atoms with Crippen LogP contribution in [-0.4, -0.2) is 323 Å². The quantitative estimate of drug-likeness (QED) is 0.0291. The number of nitrogens with one attached hydrogen (secondary N) is 4. The van der Waals surface area contributed by atoms with Crippen molar-refractivity contribution in [2.75, 3.05) is 133 Å². The highest BCUT2D eigenvalue weighted by atomic mass is 16.7. The third-order valence-corrected chi connectivity index (χ3v) is 17.3. The van der Waals surface area contributed by atoms with Crippen LogP contribution in [0.2, 0.25) is 0 Å². The Bertz CT molecular complexity index is 2140. The van der Waals surface area contributed by atoms with Gasteiger partial charge in [0.2, 0.25) is 23.6 Å². The first-order valence-corrected chi connectivity index (χ1v) is 35.9. The summed E-state index contributed by atoms with van der Waals surface area (Å²) in [6, 6.07) is -3.31. The Balaban J connectivity index is 1.60. The number of aliphatic hydroxyl groups is 9. The maximum absolute atomic E-state index is 14.0. The Hall–Kier alpha value is -4.32. The first-order chi connectivity index (χ1) is 49.0. The van der Waals surface area contributed by atoms with E-state index in [9.17, 15) is 84.3 Å². The fraction of sp³-hybridized carbons (Fsp3) is 0.882. The molecule has 0 spiro atoms. The van der Waals surface area contributed by atoms with E-state index in [4.69, 9.17) is 61.6 Å². The number of rotatable bonds is 61. The molecular formula is C68H120N4O30. The topological polar surface area (TPSA) is 487 Å². The first-order valence-electron chi connectivity index (χ1n) is 35.9. The van der Waals surface area contributed by atoms with Crippen molar-refractivity contribution in [3.8, 4) is 0 Å². The van der Waals surface area contributed by atoms with E-state index in [2.05, 4.69) is 21.3 Å². The largest absolute Gasteiger partial charge is 0.394 e. The van der Waals surface area contributed by atoms with Gasteiger partial charge in [-0.15, -0.1) is 0 Å². The molecule has 0 aromatic rings. The molecule has 4 amide bonds. The molecule has 0 radical (unpaired) electrons. The van der Waals surface area contributed by atoms with Crippen LogP contribution in [-0.2, 0) is 99.9 Å². The summed E-state index contributed by atoms with van der Waals surface area (Å²) in [7, 11) is 1.66. The molecule has 3 fully saturated rings. The van der Waals surface area contributed by atoms with Gasteiger partial charge in [0.25, 0.3) is 0 Å². The zero-order valence-corrected chi connectivity index (χ0v) is 60.0. The lowest BCUT2D eigenvalue weighted by molar-refractivity contribution is -0.272. The van der Waals surface area contributed by atoms with Crippen molar-refractivity contribution < 1.29 is 146 Å². The van der Waals surface area contributed by atoms with Gasteiger partial charge in [0.15, 0.2) is 18.9 Å². The smallest absolute Gasteiger partial charge is 0.220 e. The molecule has 3 saturated heterocycles. The van der Waals surface area contributed by atoms with Crippen LogP contribution in [0.25, 0.3) is 0 Å². The number of Topliss-reactive ketones (excluding diaryl/α,β-unsaturated/α-hetero) is 4. The van der Waals surface area contributed by atoms with Crippen molar-refractivity contribution >= 4 is 46.8 Å². The van der Waals surface area contributed by atoms with Crippen molar-refractivity contribution in [1.82, 2.24) is 21.3 Å². The Morgan fingerprint density at radius 1 is 0.333 bits per heavy atom. The minimum Gasteiger partial charge on any atom is -0.394 e. The van der Waals surface area contributed by atoms with Gasteiger partial charge in [-0.1, -0.05) is 19.3 Å². The average molecular weight is 1470 g/mol. The Labute approximate surface area is 597 Å². The van der Waals surface area contributed by atoms with Crippen molar-refractivity contribution in [2.24, 2.45) is 0 Å². The second-order valence-corrected chi connectivity index (χ2v) is 25.7. The number of amides is 4. The van der Waals surface area contributed by atoms with Crippen LogP contribution in [0.15, 0.2) is 0 Å². The lowest BCUT2D eigenvalue weighted by Gasteiger charge is -2.42. The van der Waals surface area contributed by atoms with Crippen molar-refractivity contribution in [1.29, 1.82) is 0 Å². The standard InChI is InChI=1S/C68H120N4O30/c1-45(76)69-56-62(87)59(84)52(42-73)100-65(56)97-39-36-94-33-30-91-27-11-16-49(80)20-23-68(72-55(83)19-10-15-48(79)14-8-6-5-7-9-26-90-4,24-21-50(81)17-12-28-92-31-34-95-37-40-98-66-57(70-46(2)77)63(88)60(85)53(43-74)101-66)25-22-51(82)18-13-29-93-32-35-96-38-41-99-67-58(71-47(3)78)64(89)61(86)54(44-75)102-67/h52-54,56-67,73-75,84-89H,5-44H2,1-4H3,(H,69,76)(H,70,77)(H,71,78)(H,72,83). The minimum absolute atomic E-state index is 0.00484. The van der Waals surface area contributed by atoms with Crippen LogP contribution in [0.3, 0.4) is 0 Å². The fourth-order valence-corrected chi connectivity index (χ4v) is 11.7. The van der Waals surface area contributed by atoms with Crippen LogP contribution in [0, 0.1) is 0 Å². The van der Waals surface area contributed by atoms with Gasteiger partial charge in [0.05, 0.1) is 99.1 Å². The minimum atomic E-state index is -1.46. The van der Waals surface area contributed by atoms with E-state index in [1.807, 2.05) is 0 Å². The van der Waals surface area contributed by atoms with Crippen LogP contribution in [0.5, 0.6) is 0 Å². The zero-order chi connectivity index (χ0) is 75.1. The molecule has 0 aliphatic carbocycles. The second-order valence-electron chi connectivity index (χ2n) is 25.7. The maximum Gasteiger partial charge on any atom is 0.220 e. The normalized spacial score (nSPS) is 25.7. The first kappa shape index (κ1) is 91.9. The predicted octanol–water partition coefficient (Wildman–Crippen LogP) is -2.06. The molecule has 34 heteroatoms. The molecule has 3 aliphatic rings. The van der Waals surface area contributed by atoms with E-state index >= 15 is 0 Å². The summed E-state index contributed by atoms with van der Waals surface area (Å²) in [6.07, 6.45) is -8.60. The molecule has 0 aromatic heterocycles. The van der Waals surface area contributed by atoms with Crippen molar-refractivity contribution in [3.05, 3.63) is 0 Å². The van der Waals surface area contributed by atoms with Gasteiger partial charge in [-0.3, -0.25) is 38.4 Å². The third-order valence-electron chi connectivity index (χ3n) is 17.3. The summed E-state index contributed by atoms with van der Waals surface area (Å²) in [5, 5.41) is 102. The fourth-order valence-electron chi connectivity index (χ4n) is 11.7. The number of aliphatic hydroxyl groups excluding tert-OH is 9. The van der Waals surface area contributed by atoms with Crippen molar-refractivity contribution in [3.63, 3.8) is 0 Å². The van der Waals surface area contributed by atoms with Gasteiger partial charge in [0.1, 0.15) is 96.2 Å². The van der Waals surface area contributed by atoms with Crippen molar-refractivity contribution in [2.45, 2.75) is 253 Å². The van der Waals surface area contributed by atoms with E-state index in [1.54, 1.807) is 7.11 Å². The number of carbonyl (C=O) groups excluding carboxylic acids is 8. The van der Waals surface area contributed by atoms with E-state index < -0.39 is 135 Å². The molecule has 0 bridgehead atoms. The van der Waals surface area contributed by atoms with Gasteiger partial charge in [-0.05, 0) is 57.8 Å². The maximum atomic E-state index is 14.0. The van der Waals surface area contributed by atoms with Gasteiger partial charge >= 0.3 is 0 Å². The number of ketones is 4. The Kier molecular flexibility index (Phi) is 48.9. The number of hydrogen-bond acceptors (Lipinski definition) is 30. The van der Waals surface area contributed by atoms with E-state index in [0.29, 0.717) is 32.3 Å². The molecule has 15 atom stereocenters. The van der Waals surface area contributed by atoms with Crippen LogP contribution in [0.4, 0.5) is 0 Å². The molecule has 3 aliphatic heterocycles. The molecule has 102 heavy (non-hydrogen) atoms. The number of unbranched alkanes of at least 4 members (excludes halogenated alkanes) is 4. The van der Waals surface area contributed by atoms with E-state index in [0.717, 1.165) is 32.1 Å². The predicted molar refractivity (Wildman–Crippen MR) is 359 cm³/mol. The highest BCUT2D eigenvalue weighted by Crippen LogP contribution is 2.30. The van der Waals surface area contributed by atoms with Crippen LogP contribution >= 0.6 is 0 Å². The van der Waals surface area contributed by atoms with E-state index in [1.165, 1.54) is 20.8 Å². The van der Waals surface area contributed by atoms with Gasteiger partial charge in [-0.2, -0.15) is 0 Å². The molecular weight excluding hydrogens is 1350 g/mol. The number of ether oxygens (including phenoxy) is 13. The van der Waals surface area contributed by atoms with Gasteiger partial charge < -0.3 is 129 Å². The number of carbonyl (C=O) groups is 8. The van der Waals surface area contributed by atoms with Crippen LogP contribution < -0.4 is 21.3 Å². The Morgan fingerprint density at radius 2 is 0.618 bits per heavy atom. The molecule has 3 heterocycles. The summed E-state index contributed by atoms with van der Waals surface area (Å²) in [5.74, 6) is -2.25. The lowest BCUT2D eigenvalue weighted by Crippen LogP contribution is -2.64. The molecule has 592 valence electrons. The average Bonchev–Trinajstić information content (AvgIpc) is 0.827. The molecule has 15 unspecified atom stereocenters. The monoisotopic (exact) mass is 1470 g/mol. The molecule has 0 aromatic carbocycles. The summed E-state index contributed by atoms with van der Waals surface area (Å²) in [5.41, 5.74) is -1.18. The summed E-state index contributed by atoms with van der Waals surface area (Å²) < 4.78 is 72.7. The summed E-state index contributed by atoms with van der Waals surface area (Å²) >= 11 is 0. The lowest BCUT2D eigenvalue weighted by atomic mass is 9.81. The molecule has 0 saturated carbocycles. The third kappa shape index (κ3) is 37.8. The molecule has 3 rings (SSSR count). The van der Waals surface area contributed by atoms with Gasteiger partial charge in [-0.25, -0.2) is 0 Å². The summed E-state index contributed by atoms with van der Waals surface area (Å²) in [4.78, 5) is 103. The van der Waals surface area contributed by atoms with Crippen LogP contribution in [0.1, 0.15) is 156 Å². The number of hydrogen-bond donors (Lipinski definition) is 13. The molecule has 13 N–H and O–H groups in total. The second kappa shape index (κ2) is 54.3. The molecule has 34 nitrogen and oxygen atoms in total. The highest BCUT2D eigenvalue weighted by Gasteiger charge is 2.48. The van der Waals surface area contributed by atoms with E-state index in [-0.39, 0.29) is 205 Å². The highest BCUT2D eigenvalue weighted by molar-refractivity contribution is 5.82. The number of methoxy groups -OCH3 is 1. The van der Waals surface area contributed by atoms with Gasteiger partial charge in [0, 0.05) is 118 Å². The zero-order valence-electron chi connectivity index (χ0n) is 60.0. The Morgan fingerprint density at radius 3 is 0.941 bits per heavy atom.